The van der Waals surface area contributed by atoms with E-state index in [1.165, 1.54) is 0 Å². The normalized spacial score (nSPS) is 27.1. The molecule has 1 amide bonds. The minimum Gasteiger partial charge on any atom is -0.355 e. The zero-order valence-electron chi connectivity index (χ0n) is 12.2. The number of fused-ring (bicyclic) bond motifs is 1. The summed E-state index contributed by atoms with van der Waals surface area (Å²) in [5.41, 5.74) is 7.35. The Morgan fingerprint density at radius 3 is 2.86 bits per heavy atom. The van der Waals surface area contributed by atoms with Crippen LogP contribution in [0.3, 0.4) is 0 Å². The first-order chi connectivity index (χ1) is 10.7. The van der Waals surface area contributed by atoms with Gasteiger partial charge in [-0.1, -0.05) is 5.16 Å². The zero-order chi connectivity index (χ0) is 15.1. The highest BCUT2D eigenvalue weighted by Crippen LogP contribution is 2.37. The molecule has 0 aromatic carbocycles. The Hall–Kier alpha value is -2.21. The van der Waals surface area contributed by atoms with Gasteiger partial charge in [-0.2, -0.15) is 0 Å². The number of rotatable bonds is 2. The molecule has 2 fully saturated rings. The van der Waals surface area contributed by atoms with Gasteiger partial charge in [-0.25, -0.2) is 0 Å². The maximum Gasteiger partial charge on any atom is 0.276 e. The third-order valence-electron chi connectivity index (χ3n) is 4.89. The number of pyridine rings is 1. The monoisotopic (exact) mass is 298 g/mol. The number of nitrogens with zero attached hydrogens (tertiary/aromatic N) is 3. The fourth-order valence-corrected chi connectivity index (χ4v) is 3.66. The van der Waals surface area contributed by atoms with E-state index < -0.39 is 0 Å². The molecule has 6 heteroatoms. The molecule has 0 radical (unpaired) electrons. The standard InChI is InChI=1S/C16H18N4O2/c17-13-2-1-11-8-20(9-12(11)13)16(21)14-7-15(22-19-14)10-3-5-18-6-4-10/h3-7,11-13H,1-2,8-9,17H2. The first-order valence-corrected chi connectivity index (χ1v) is 7.64. The molecule has 3 atom stereocenters. The Morgan fingerprint density at radius 1 is 1.27 bits per heavy atom. The highest BCUT2D eigenvalue weighted by Gasteiger charge is 2.43. The summed E-state index contributed by atoms with van der Waals surface area (Å²) in [6, 6.07) is 5.58. The van der Waals surface area contributed by atoms with Gasteiger partial charge in [0, 0.05) is 43.2 Å². The van der Waals surface area contributed by atoms with Gasteiger partial charge in [0.25, 0.3) is 5.91 Å². The van der Waals surface area contributed by atoms with Crippen LogP contribution in [0.5, 0.6) is 0 Å². The number of carbonyl (C=O) groups excluding carboxylic acids is 1. The minimum absolute atomic E-state index is 0.0642. The molecule has 2 aliphatic rings. The molecule has 1 saturated carbocycles. The smallest absolute Gasteiger partial charge is 0.276 e. The summed E-state index contributed by atoms with van der Waals surface area (Å²) in [5, 5.41) is 3.93. The predicted molar refractivity (Wildman–Crippen MR) is 79.8 cm³/mol. The van der Waals surface area contributed by atoms with Crippen LogP contribution in [0.1, 0.15) is 23.3 Å². The quantitative estimate of drug-likeness (QED) is 0.909. The lowest BCUT2D eigenvalue weighted by molar-refractivity contribution is 0.0769. The highest BCUT2D eigenvalue weighted by molar-refractivity contribution is 5.93. The minimum atomic E-state index is -0.0642. The maximum absolute atomic E-state index is 12.6. The van der Waals surface area contributed by atoms with Gasteiger partial charge in [-0.15, -0.1) is 0 Å². The number of likely N-dealkylation sites (tertiary alicyclic amines) is 1. The molecule has 1 aliphatic heterocycles. The van der Waals surface area contributed by atoms with Crippen LogP contribution in [0.2, 0.25) is 0 Å². The summed E-state index contributed by atoms with van der Waals surface area (Å²) < 4.78 is 5.30. The number of carbonyl (C=O) groups is 1. The van der Waals surface area contributed by atoms with E-state index in [-0.39, 0.29) is 11.9 Å². The average molecular weight is 298 g/mol. The van der Waals surface area contributed by atoms with Gasteiger partial charge in [0.1, 0.15) is 0 Å². The summed E-state index contributed by atoms with van der Waals surface area (Å²) in [6.07, 6.45) is 5.56. The molecule has 1 aliphatic carbocycles. The molecule has 0 spiro atoms. The van der Waals surface area contributed by atoms with Gasteiger partial charge >= 0.3 is 0 Å². The van der Waals surface area contributed by atoms with Crippen LogP contribution in [0.15, 0.2) is 35.1 Å². The van der Waals surface area contributed by atoms with E-state index in [4.69, 9.17) is 10.3 Å². The van der Waals surface area contributed by atoms with Crippen LogP contribution in [-0.2, 0) is 0 Å². The molecule has 3 unspecified atom stereocenters. The van der Waals surface area contributed by atoms with Crippen molar-refractivity contribution in [3.05, 3.63) is 36.3 Å². The van der Waals surface area contributed by atoms with Gasteiger partial charge in [0.05, 0.1) is 0 Å². The van der Waals surface area contributed by atoms with Crippen molar-refractivity contribution >= 4 is 5.91 Å². The lowest BCUT2D eigenvalue weighted by Crippen LogP contribution is -2.33. The Bertz CT molecular complexity index is 684. The molecular formula is C16H18N4O2. The van der Waals surface area contributed by atoms with Crippen LogP contribution >= 0.6 is 0 Å². The molecular weight excluding hydrogens is 280 g/mol. The second kappa shape index (κ2) is 5.21. The first-order valence-electron chi connectivity index (χ1n) is 7.64. The topological polar surface area (TPSA) is 85.2 Å². The highest BCUT2D eigenvalue weighted by atomic mass is 16.5. The summed E-state index contributed by atoms with van der Waals surface area (Å²) in [5.74, 6) is 1.51. The molecule has 3 heterocycles. The Morgan fingerprint density at radius 2 is 2.09 bits per heavy atom. The van der Waals surface area contributed by atoms with E-state index >= 15 is 0 Å². The van der Waals surface area contributed by atoms with Crippen molar-refractivity contribution in [3.8, 4) is 11.3 Å². The van der Waals surface area contributed by atoms with Crippen LogP contribution in [0.25, 0.3) is 11.3 Å². The fourth-order valence-electron chi connectivity index (χ4n) is 3.66. The molecule has 2 N–H and O–H groups in total. The molecule has 22 heavy (non-hydrogen) atoms. The number of hydrogen-bond acceptors (Lipinski definition) is 5. The summed E-state index contributed by atoms with van der Waals surface area (Å²) in [4.78, 5) is 18.4. The maximum atomic E-state index is 12.6. The number of hydrogen-bond donors (Lipinski definition) is 1. The van der Waals surface area contributed by atoms with E-state index in [2.05, 4.69) is 10.1 Å². The van der Waals surface area contributed by atoms with Gasteiger partial charge in [0.15, 0.2) is 11.5 Å². The Balaban J connectivity index is 1.51. The molecule has 0 bridgehead atoms. The van der Waals surface area contributed by atoms with Crippen molar-refractivity contribution in [2.75, 3.05) is 13.1 Å². The third-order valence-corrected chi connectivity index (χ3v) is 4.89. The largest absolute Gasteiger partial charge is 0.355 e. The van der Waals surface area contributed by atoms with Crippen molar-refractivity contribution in [1.82, 2.24) is 15.0 Å². The number of amides is 1. The van der Waals surface area contributed by atoms with Crippen molar-refractivity contribution in [3.63, 3.8) is 0 Å². The molecule has 6 nitrogen and oxygen atoms in total. The number of nitrogens with two attached hydrogens (primary N) is 1. The zero-order valence-corrected chi connectivity index (χ0v) is 12.2. The molecule has 2 aromatic heterocycles. The van der Waals surface area contributed by atoms with E-state index in [1.54, 1.807) is 18.5 Å². The second-order valence-electron chi connectivity index (χ2n) is 6.19. The van der Waals surface area contributed by atoms with Gasteiger partial charge in [-0.3, -0.25) is 9.78 Å². The van der Waals surface area contributed by atoms with E-state index in [0.717, 1.165) is 31.5 Å². The molecule has 1 saturated heterocycles. The number of aromatic nitrogens is 2. The van der Waals surface area contributed by atoms with Gasteiger partial charge in [0.2, 0.25) is 0 Å². The Kier molecular flexibility index (Phi) is 3.18. The lowest BCUT2D eigenvalue weighted by Gasteiger charge is -2.17. The van der Waals surface area contributed by atoms with Gasteiger partial charge < -0.3 is 15.2 Å². The van der Waals surface area contributed by atoms with Crippen LogP contribution in [-0.4, -0.2) is 40.1 Å². The Labute approximate surface area is 128 Å². The van der Waals surface area contributed by atoms with Gasteiger partial charge in [-0.05, 0) is 36.8 Å². The van der Waals surface area contributed by atoms with Crippen LogP contribution in [0, 0.1) is 11.8 Å². The summed E-state index contributed by atoms with van der Waals surface area (Å²) in [6.45, 7) is 1.52. The lowest BCUT2D eigenvalue weighted by atomic mass is 9.98. The second-order valence-corrected chi connectivity index (χ2v) is 6.19. The van der Waals surface area contributed by atoms with Crippen molar-refractivity contribution in [2.24, 2.45) is 17.6 Å². The van der Waals surface area contributed by atoms with Crippen molar-refractivity contribution in [2.45, 2.75) is 18.9 Å². The molecule has 114 valence electrons. The summed E-state index contributed by atoms with van der Waals surface area (Å²) >= 11 is 0. The van der Waals surface area contributed by atoms with E-state index in [1.807, 2.05) is 17.0 Å². The van der Waals surface area contributed by atoms with Crippen molar-refractivity contribution in [1.29, 1.82) is 0 Å². The van der Waals surface area contributed by atoms with E-state index in [0.29, 0.717) is 23.3 Å². The summed E-state index contributed by atoms with van der Waals surface area (Å²) in [7, 11) is 0. The SMILES string of the molecule is NC1CCC2CN(C(=O)c3cc(-c4ccncc4)on3)CC12. The van der Waals surface area contributed by atoms with Crippen LogP contribution in [0.4, 0.5) is 0 Å². The third kappa shape index (κ3) is 2.20. The van der Waals surface area contributed by atoms with Crippen molar-refractivity contribution < 1.29 is 9.32 Å². The molecule has 4 rings (SSSR count). The van der Waals surface area contributed by atoms with Crippen LogP contribution < -0.4 is 5.73 Å². The average Bonchev–Trinajstić information content (AvgIpc) is 3.25. The van der Waals surface area contributed by atoms with E-state index in [9.17, 15) is 4.79 Å². The fraction of sp³-hybridized carbons (Fsp3) is 0.438. The predicted octanol–water partition coefficient (Wildman–Crippen LogP) is 1.55. The molecule has 2 aromatic rings. The first kappa shape index (κ1) is 13.5.